The van der Waals surface area contributed by atoms with Crippen LogP contribution in [0.2, 0.25) is 0 Å². The standard InChI is InChI=1S/C11H15N3O4/c15-9(16)2-1-7-3-4-14(6-7)10(17)8-5-12-11(18)13-8/h5,7H,1-4,6H2,(H,15,16)(H2,12,13,18). The number of carboxylic acids is 1. The lowest BCUT2D eigenvalue weighted by Gasteiger charge is -2.15. The summed E-state index contributed by atoms with van der Waals surface area (Å²) in [5.41, 5.74) is -0.154. The van der Waals surface area contributed by atoms with Gasteiger partial charge in [0.1, 0.15) is 5.69 Å². The highest BCUT2D eigenvalue weighted by atomic mass is 16.4. The van der Waals surface area contributed by atoms with Gasteiger partial charge in [-0.3, -0.25) is 9.59 Å². The van der Waals surface area contributed by atoms with E-state index in [0.29, 0.717) is 19.5 Å². The van der Waals surface area contributed by atoms with E-state index in [2.05, 4.69) is 9.97 Å². The lowest BCUT2D eigenvalue weighted by atomic mass is 10.0. The van der Waals surface area contributed by atoms with Crippen molar-refractivity contribution in [1.29, 1.82) is 0 Å². The molecule has 1 aromatic rings. The molecule has 1 aliphatic heterocycles. The van der Waals surface area contributed by atoms with Crippen molar-refractivity contribution in [3.63, 3.8) is 0 Å². The average Bonchev–Trinajstić information content (AvgIpc) is 2.94. The second-order valence-electron chi connectivity index (χ2n) is 4.49. The van der Waals surface area contributed by atoms with E-state index < -0.39 is 11.7 Å². The molecule has 0 saturated carbocycles. The Hall–Kier alpha value is -2.05. The quantitative estimate of drug-likeness (QED) is 0.703. The molecule has 1 atom stereocenters. The monoisotopic (exact) mass is 253 g/mol. The fraction of sp³-hybridized carbons (Fsp3) is 0.545. The third-order valence-electron chi connectivity index (χ3n) is 3.17. The van der Waals surface area contributed by atoms with E-state index in [1.807, 2.05) is 0 Å². The van der Waals surface area contributed by atoms with Gasteiger partial charge in [-0.2, -0.15) is 0 Å². The molecule has 7 nitrogen and oxygen atoms in total. The van der Waals surface area contributed by atoms with Crippen LogP contribution in [0.5, 0.6) is 0 Å². The summed E-state index contributed by atoms with van der Waals surface area (Å²) in [4.78, 5) is 39.8. The van der Waals surface area contributed by atoms with Crippen LogP contribution in [0.4, 0.5) is 0 Å². The number of nitrogens with one attached hydrogen (secondary N) is 2. The maximum atomic E-state index is 12.0. The molecule has 2 rings (SSSR count). The largest absolute Gasteiger partial charge is 0.481 e. The van der Waals surface area contributed by atoms with Crippen LogP contribution in [0.15, 0.2) is 11.0 Å². The summed E-state index contributed by atoms with van der Waals surface area (Å²) >= 11 is 0. The number of aliphatic carboxylic acids is 1. The molecule has 2 heterocycles. The van der Waals surface area contributed by atoms with Gasteiger partial charge in [0.25, 0.3) is 5.91 Å². The van der Waals surface area contributed by atoms with Crippen LogP contribution in [-0.2, 0) is 4.79 Å². The lowest BCUT2D eigenvalue weighted by Crippen LogP contribution is -2.29. The topological polar surface area (TPSA) is 106 Å². The van der Waals surface area contributed by atoms with E-state index in [1.54, 1.807) is 4.90 Å². The highest BCUT2D eigenvalue weighted by Gasteiger charge is 2.27. The van der Waals surface area contributed by atoms with Gasteiger partial charge in [-0.25, -0.2) is 4.79 Å². The number of hydrogen-bond acceptors (Lipinski definition) is 3. The first-order chi connectivity index (χ1) is 8.56. The molecule has 1 aromatic heterocycles. The average molecular weight is 253 g/mol. The molecule has 1 unspecified atom stereocenters. The summed E-state index contributed by atoms with van der Waals surface area (Å²) in [6, 6.07) is 0. The van der Waals surface area contributed by atoms with E-state index >= 15 is 0 Å². The Kier molecular flexibility index (Phi) is 3.50. The summed E-state index contributed by atoms with van der Waals surface area (Å²) in [5, 5.41) is 8.61. The van der Waals surface area contributed by atoms with Crippen LogP contribution in [0.1, 0.15) is 29.8 Å². The summed E-state index contributed by atoms with van der Waals surface area (Å²) in [5.74, 6) is -0.795. The number of carboxylic acid groups (broad SMARTS) is 1. The van der Waals surface area contributed by atoms with Crippen LogP contribution in [-0.4, -0.2) is 44.9 Å². The molecule has 1 saturated heterocycles. The van der Waals surface area contributed by atoms with Crippen LogP contribution < -0.4 is 5.69 Å². The van der Waals surface area contributed by atoms with E-state index in [-0.39, 0.29) is 23.9 Å². The van der Waals surface area contributed by atoms with Crippen LogP contribution in [0, 0.1) is 5.92 Å². The molecule has 0 spiro atoms. The second-order valence-corrected chi connectivity index (χ2v) is 4.49. The first-order valence-electron chi connectivity index (χ1n) is 5.85. The van der Waals surface area contributed by atoms with E-state index in [9.17, 15) is 14.4 Å². The van der Waals surface area contributed by atoms with E-state index in [4.69, 9.17) is 5.11 Å². The van der Waals surface area contributed by atoms with Crippen molar-refractivity contribution in [3.8, 4) is 0 Å². The number of carbonyl (C=O) groups is 2. The number of imidazole rings is 1. The van der Waals surface area contributed by atoms with Gasteiger partial charge in [-0.1, -0.05) is 0 Å². The summed E-state index contributed by atoms with van der Waals surface area (Å²) in [6.07, 6.45) is 2.89. The Morgan fingerprint density at radius 1 is 1.50 bits per heavy atom. The molecule has 0 bridgehead atoms. The zero-order valence-electron chi connectivity index (χ0n) is 9.81. The Bertz CT molecular complexity index is 504. The number of aromatic nitrogens is 2. The zero-order valence-corrected chi connectivity index (χ0v) is 9.81. The minimum atomic E-state index is -0.810. The molecule has 98 valence electrons. The van der Waals surface area contributed by atoms with Gasteiger partial charge in [0.05, 0.1) is 0 Å². The van der Waals surface area contributed by atoms with E-state index in [1.165, 1.54) is 6.20 Å². The number of aromatic amines is 2. The van der Waals surface area contributed by atoms with Crippen molar-refractivity contribution >= 4 is 11.9 Å². The molecular formula is C11H15N3O4. The SMILES string of the molecule is O=C(O)CCC1CCN(C(=O)c2c[nH]c(=O)[nH]2)C1. The fourth-order valence-corrected chi connectivity index (χ4v) is 2.20. The molecule has 0 aliphatic carbocycles. The van der Waals surface area contributed by atoms with Crippen molar-refractivity contribution in [2.24, 2.45) is 5.92 Å². The maximum Gasteiger partial charge on any atom is 0.323 e. The van der Waals surface area contributed by atoms with Crippen LogP contribution in [0.3, 0.4) is 0 Å². The molecule has 0 aromatic carbocycles. The Morgan fingerprint density at radius 3 is 2.89 bits per heavy atom. The zero-order chi connectivity index (χ0) is 13.1. The van der Waals surface area contributed by atoms with Gasteiger partial charge in [-0.15, -0.1) is 0 Å². The second kappa shape index (κ2) is 5.07. The number of nitrogens with zero attached hydrogens (tertiary/aromatic N) is 1. The minimum Gasteiger partial charge on any atom is -0.481 e. The van der Waals surface area contributed by atoms with Gasteiger partial charge in [0, 0.05) is 25.7 Å². The first kappa shape index (κ1) is 12.4. The number of hydrogen-bond donors (Lipinski definition) is 3. The highest BCUT2D eigenvalue weighted by molar-refractivity contribution is 5.92. The first-order valence-corrected chi connectivity index (χ1v) is 5.85. The number of rotatable bonds is 4. The summed E-state index contributed by atoms with van der Waals surface area (Å²) in [6.45, 7) is 1.16. The van der Waals surface area contributed by atoms with Gasteiger partial charge < -0.3 is 20.0 Å². The van der Waals surface area contributed by atoms with E-state index in [0.717, 1.165) is 6.42 Å². The maximum absolute atomic E-state index is 12.0. The molecule has 1 amide bonds. The Labute approximate surface area is 103 Å². The Morgan fingerprint density at radius 2 is 2.28 bits per heavy atom. The number of H-pyrrole nitrogens is 2. The molecule has 3 N–H and O–H groups in total. The molecular weight excluding hydrogens is 238 g/mol. The lowest BCUT2D eigenvalue weighted by molar-refractivity contribution is -0.137. The number of amides is 1. The van der Waals surface area contributed by atoms with Gasteiger partial charge in [-0.05, 0) is 18.8 Å². The summed E-state index contributed by atoms with van der Waals surface area (Å²) < 4.78 is 0. The van der Waals surface area contributed by atoms with Crippen molar-refractivity contribution in [1.82, 2.24) is 14.9 Å². The van der Waals surface area contributed by atoms with Crippen molar-refractivity contribution in [2.45, 2.75) is 19.3 Å². The van der Waals surface area contributed by atoms with Gasteiger partial charge in [0.2, 0.25) is 0 Å². The highest BCUT2D eigenvalue weighted by Crippen LogP contribution is 2.22. The van der Waals surface area contributed by atoms with Crippen molar-refractivity contribution < 1.29 is 14.7 Å². The molecule has 18 heavy (non-hydrogen) atoms. The molecule has 7 heteroatoms. The van der Waals surface area contributed by atoms with Gasteiger partial charge >= 0.3 is 11.7 Å². The minimum absolute atomic E-state index is 0.133. The Balaban J connectivity index is 1.90. The van der Waals surface area contributed by atoms with Crippen molar-refractivity contribution in [3.05, 3.63) is 22.4 Å². The van der Waals surface area contributed by atoms with Crippen LogP contribution in [0.25, 0.3) is 0 Å². The normalized spacial score (nSPS) is 19.1. The number of likely N-dealkylation sites (tertiary alicyclic amines) is 1. The third-order valence-corrected chi connectivity index (χ3v) is 3.17. The predicted octanol–water partition coefficient (Wildman–Crippen LogP) is 0.0299. The summed E-state index contributed by atoms with van der Waals surface area (Å²) in [7, 11) is 0. The number of carbonyl (C=O) groups excluding carboxylic acids is 1. The third kappa shape index (κ3) is 2.79. The van der Waals surface area contributed by atoms with Gasteiger partial charge in [0.15, 0.2) is 0 Å². The molecule has 0 radical (unpaired) electrons. The van der Waals surface area contributed by atoms with Crippen molar-refractivity contribution in [2.75, 3.05) is 13.1 Å². The molecule has 1 aliphatic rings. The smallest absolute Gasteiger partial charge is 0.323 e. The molecule has 1 fully saturated rings. The predicted molar refractivity (Wildman–Crippen MR) is 62.3 cm³/mol. The van der Waals surface area contributed by atoms with Crippen LogP contribution >= 0.6 is 0 Å². The fourth-order valence-electron chi connectivity index (χ4n) is 2.20.